The van der Waals surface area contributed by atoms with Crippen LogP contribution in [0.15, 0.2) is 41.0 Å². The monoisotopic (exact) mass is 270 g/mol. The molecule has 0 atom stereocenters. The third-order valence-electron chi connectivity index (χ3n) is 2.88. The SMILES string of the molecule is CN(Cc1cc(C(=O)NN)co1)c1ccccc1C#N. The number of benzene rings is 1. The molecule has 2 aromatic rings. The number of hydrazine groups is 1. The Morgan fingerprint density at radius 1 is 1.50 bits per heavy atom. The molecule has 0 saturated heterocycles. The molecule has 0 radical (unpaired) electrons. The van der Waals surface area contributed by atoms with Crippen LogP contribution in [0.4, 0.5) is 5.69 Å². The molecule has 6 nitrogen and oxygen atoms in total. The summed E-state index contributed by atoms with van der Waals surface area (Å²) >= 11 is 0. The molecular weight excluding hydrogens is 256 g/mol. The van der Waals surface area contributed by atoms with Gasteiger partial charge in [-0.3, -0.25) is 10.2 Å². The van der Waals surface area contributed by atoms with E-state index in [-0.39, 0.29) is 0 Å². The van der Waals surface area contributed by atoms with Crippen molar-refractivity contribution in [1.29, 1.82) is 5.26 Å². The fourth-order valence-electron chi connectivity index (χ4n) is 1.89. The highest BCUT2D eigenvalue weighted by Gasteiger charge is 2.12. The van der Waals surface area contributed by atoms with Crippen molar-refractivity contribution in [2.45, 2.75) is 6.54 Å². The van der Waals surface area contributed by atoms with Crippen LogP contribution in [0.1, 0.15) is 21.7 Å². The number of carbonyl (C=O) groups excluding carboxylic acids is 1. The summed E-state index contributed by atoms with van der Waals surface area (Å²) < 4.78 is 5.31. The van der Waals surface area contributed by atoms with Gasteiger partial charge < -0.3 is 9.32 Å². The highest BCUT2D eigenvalue weighted by atomic mass is 16.3. The van der Waals surface area contributed by atoms with E-state index in [1.807, 2.05) is 35.6 Å². The molecular formula is C14H14N4O2. The van der Waals surface area contributed by atoms with Gasteiger partial charge in [0, 0.05) is 7.05 Å². The molecule has 1 aromatic carbocycles. The number of nitrogens with zero attached hydrogens (tertiary/aromatic N) is 2. The van der Waals surface area contributed by atoms with Gasteiger partial charge in [0.15, 0.2) is 0 Å². The van der Waals surface area contributed by atoms with E-state index in [0.29, 0.717) is 23.4 Å². The number of nitriles is 1. The first-order valence-corrected chi connectivity index (χ1v) is 5.94. The van der Waals surface area contributed by atoms with Crippen LogP contribution in [0, 0.1) is 11.3 Å². The van der Waals surface area contributed by atoms with Crippen LogP contribution in [-0.2, 0) is 6.54 Å². The van der Waals surface area contributed by atoms with Crippen molar-refractivity contribution in [2.75, 3.05) is 11.9 Å². The lowest BCUT2D eigenvalue weighted by Crippen LogP contribution is -2.29. The number of anilines is 1. The summed E-state index contributed by atoms with van der Waals surface area (Å²) in [6, 6.07) is 11.0. The van der Waals surface area contributed by atoms with Gasteiger partial charge >= 0.3 is 0 Å². The zero-order valence-electron chi connectivity index (χ0n) is 11.0. The second-order valence-corrected chi connectivity index (χ2v) is 4.26. The Morgan fingerprint density at radius 3 is 2.95 bits per heavy atom. The molecule has 0 unspecified atom stereocenters. The molecule has 0 saturated carbocycles. The number of hydrogen-bond donors (Lipinski definition) is 2. The van der Waals surface area contributed by atoms with Gasteiger partial charge in [0.1, 0.15) is 18.1 Å². The minimum absolute atomic E-state index is 0.365. The van der Waals surface area contributed by atoms with Crippen LogP contribution >= 0.6 is 0 Å². The van der Waals surface area contributed by atoms with E-state index >= 15 is 0 Å². The first-order chi connectivity index (χ1) is 9.65. The molecule has 20 heavy (non-hydrogen) atoms. The number of nitrogens with one attached hydrogen (secondary N) is 1. The quantitative estimate of drug-likeness (QED) is 0.497. The number of carbonyl (C=O) groups is 1. The summed E-state index contributed by atoms with van der Waals surface area (Å²) in [6.07, 6.45) is 1.35. The van der Waals surface area contributed by atoms with Gasteiger partial charge in [0.2, 0.25) is 0 Å². The summed E-state index contributed by atoms with van der Waals surface area (Å²) in [7, 11) is 1.85. The fraction of sp³-hybridized carbons (Fsp3) is 0.143. The minimum Gasteiger partial charge on any atom is -0.467 e. The molecule has 0 bridgehead atoms. The van der Waals surface area contributed by atoms with Gasteiger partial charge in [-0.15, -0.1) is 0 Å². The van der Waals surface area contributed by atoms with Gasteiger partial charge in [-0.05, 0) is 18.2 Å². The topological polar surface area (TPSA) is 95.3 Å². The van der Waals surface area contributed by atoms with Crippen LogP contribution in [0.2, 0.25) is 0 Å². The van der Waals surface area contributed by atoms with Gasteiger partial charge in [0.05, 0.1) is 23.4 Å². The Kier molecular flexibility index (Phi) is 4.03. The van der Waals surface area contributed by atoms with Crippen molar-refractivity contribution in [2.24, 2.45) is 5.84 Å². The molecule has 102 valence electrons. The molecule has 0 spiro atoms. The summed E-state index contributed by atoms with van der Waals surface area (Å²) in [5.74, 6) is 5.26. The maximum Gasteiger partial charge on any atom is 0.268 e. The Morgan fingerprint density at radius 2 is 2.25 bits per heavy atom. The van der Waals surface area contributed by atoms with E-state index in [1.165, 1.54) is 6.26 Å². The zero-order valence-corrected chi connectivity index (χ0v) is 11.0. The molecule has 1 aromatic heterocycles. The number of para-hydroxylation sites is 1. The van der Waals surface area contributed by atoms with Crippen molar-refractivity contribution in [1.82, 2.24) is 5.43 Å². The van der Waals surface area contributed by atoms with Crippen molar-refractivity contribution >= 4 is 11.6 Å². The molecule has 0 aliphatic heterocycles. The summed E-state index contributed by atoms with van der Waals surface area (Å²) in [6.45, 7) is 0.441. The lowest BCUT2D eigenvalue weighted by Gasteiger charge is -2.18. The smallest absolute Gasteiger partial charge is 0.268 e. The van der Waals surface area contributed by atoms with Gasteiger partial charge in [-0.2, -0.15) is 5.26 Å². The van der Waals surface area contributed by atoms with Crippen LogP contribution in [0.25, 0.3) is 0 Å². The second kappa shape index (κ2) is 5.91. The number of nitrogen functional groups attached to an aromatic ring is 1. The van der Waals surface area contributed by atoms with Crippen LogP contribution in [-0.4, -0.2) is 13.0 Å². The van der Waals surface area contributed by atoms with Crippen molar-refractivity contribution < 1.29 is 9.21 Å². The third kappa shape index (κ3) is 2.79. The van der Waals surface area contributed by atoms with Crippen molar-refractivity contribution in [3.63, 3.8) is 0 Å². The number of hydrogen-bond acceptors (Lipinski definition) is 5. The largest absolute Gasteiger partial charge is 0.467 e. The maximum atomic E-state index is 11.3. The Balaban J connectivity index is 2.16. The highest BCUT2D eigenvalue weighted by molar-refractivity contribution is 5.93. The first kappa shape index (κ1) is 13.6. The first-order valence-electron chi connectivity index (χ1n) is 5.94. The minimum atomic E-state index is -0.403. The standard InChI is InChI=1S/C14H14N4O2/c1-18(13-5-3-2-4-10(13)7-15)8-12-6-11(9-20-12)14(19)17-16/h2-6,9H,8,16H2,1H3,(H,17,19). The third-order valence-corrected chi connectivity index (χ3v) is 2.88. The number of amides is 1. The number of nitrogens with two attached hydrogens (primary N) is 1. The van der Waals surface area contributed by atoms with E-state index < -0.39 is 5.91 Å². The second-order valence-electron chi connectivity index (χ2n) is 4.26. The highest BCUT2D eigenvalue weighted by Crippen LogP contribution is 2.20. The molecule has 2 rings (SSSR count). The predicted octanol–water partition coefficient (Wildman–Crippen LogP) is 1.39. The van der Waals surface area contributed by atoms with Gasteiger partial charge in [0.25, 0.3) is 5.91 Å². The molecule has 6 heteroatoms. The van der Waals surface area contributed by atoms with Crippen LogP contribution in [0.3, 0.4) is 0 Å². The van der Waals surface area contributed by atoms with Crippen LogP contribution < -0.4 is 16.2 Å². The number of furan rings is 1. The summed E-state index contributed by atoms with van der Waals surface area (Å²) in [4.78, 5) is 13.2. The predicted molar refractivity (Wildman–Crippen MR) is 73.6 cm³/mol. The summed E-state index contributed by atoms with van der Waals surface area (Å²) in [5.41, 5.74) is 3.79. The van der Waals surface area contributed by atoms with E-state index in [2.05, 4.69) is 6.07 Å². The molecule has 0 aliphatic carbocycles. The maximum absolute atomic E-state index is 11.3. The van der Waals surface area contributed by atoms with Gasteiger partial charge in [-0.25, -0.2) is 5.84 Å². The lowest BCUT2D eigenvalue weighted by atomic mass is 10.2. The fourth-order valence-corrected chi connectivity index (χ4v) is 1.89. The molecule has 3 N–H and O–H groups in total. The average Bonchev–Trinajstić information content (AvgIpc) is 2.94. The van der Waals surface area contributed by atoms with Crippen LogP contribution in [0.5, 0.6) is 0 Å². The van der Waals surface area contributed by atoms with Gasteiger partial charge in [-0.1, -0.05) is 12.1 Å². The Hall–Kier alpha value is -2.78. The normalized spacial score (nSPS) is 9.85. The Labute approximate surface area is 116 Å². The van der Waals surface area contributed by atoms with Crippen molar-refractivity contribution in [3.8, 4) is 6.07 Å². The number of rotatable bonds is 4. The Bertz CT molecular complexity index is 657. The van der Waals surface area contributed by atoms with E-state index in [0.717, 1.165) is 5.69 Å². The van der Waals surface area contributed by atoms with E-state index in [9.17, 15) is 4.79 Å². The molecule has 0 aliphatic rings. The van der Waals surface area contributed by atoms with E-state index in [4.69, 9.17) is 15.5 Å². The summed E-state index contributed by atoms with van der Waals surface area (Å²) in [5, 5.41) is 9.08. The molecule has 1 amide bonds. The molecule has 0 fully saturated rings. The zero-order chi connectivity index (χ0) is 14.5. The molecule has 1 heterocycles. The average molecular weight is 270 g/mol. The van der Waals surface area contributed by atoms with E-state index in [1.54, 1.807) is 12.1 Å². The lowest BCUT2D eigenvalue weighted by molar-refractivity contribution is 0.0953. The van der Waals surface area contributed by atoms with Crippen molar-refractivity contribution in [3.05, 3.63) is 53.5 Å².